The van der Waals surface area contributed by atoms with Crippen LogP contribution in [-0.2, 0) is 19.5 Å². The number of anilines is 1. The van der Waals surface area contributed by atoms with Gasteiger partial charge in [0.15, 0.2) is 5.82 Å². The average Bonchev–Trinajstić information content (AvgIpc) is 3.22. The third-order valence-electron chi connectivity index (χ3n) is 5.03. The van der Waals surface area contributed by atoms with Gasteiger partial charge in [0.05, 0.1) is 12.8 Å². The number of pyridine rings is 1. The van der Waals surface area contributed by atoms with Crippen LogP contribution in [0.15, 0.2) is 48.8 Å². The van der Waals surface area contributed by atoms with Crippen LogP contribution < -0.4 is 15.4 Å². The molecule has 6 heteroatoms. The molecular formula is C22H25N5O. The van der Waals surface area contributed by atoms with Gasteiger partial charge in [0.2, 0.25) is 0 Å². The monoisotopic (exact) mass is 375 g/mol. The van der Waals surface area contributed by atoms with E-state index in [-0.39, 0.29) is 0 Å². The Labute approximate surface area is 165 Å². The Morgan fingerprint density at radius 1 is 1.07 bits per heavy atom. The Morgan fingerprint density at radius 3 is 2.61 bits per heavy atom. The van der Waals surface area contributed by atoms with Crippen molar-refractivity contribution in [2.24, 2.45) is 0 Å². The zero-order chi connectivity index (χ0) is 19.3. The molecule has 0 radical (unpaired) electrons. The number of nitrogens with zero attached hydrogens (tertiary/aromatic N) is 3. The minimum atomic E-state index is 0.298. The maximum Gasteiger partial charge on any atom is 0.161 e. The van der Waals surface area contributed by atoms with Gasteiger partial charge in [-0.15, -0.1) is 0 Å². The summed E-state index contributed by atoms with van der Waals surface area (Å²) < 4.78 is 5.23. The van der Waals surface area contributed by atoms with Gasteiger partial charge in [0, 0.05) is 42.7 Å². The predicted octanol–water partition coefficient (Wildman–Crippen LogP) is 3.58. The fourth-order valence-electron chi connectivity index (χ4n) is 3.40. The van der Waals surface area contributed by atoms with Gasteiger partial charge in [-0.2, -0.15) is 0 Å². The molecule has 1 unspecified atom stereocenters. The van der Waals surface area contributed by atoms with E-state index < -0.39 is 0 Å². The van der Waals surface area contributed by atoms with Gasteiger partial charge in [-0.05, 0) is 49.6 Å². The number of aryl methyl sites for hydroxylation is 1. The summed E-state index contributed by atoms with van der Waals surface area (Å²) in [5, 5.41) is 7.00. The number of hydrogen-bond donors (Lipinski definition) is 2. The highest BCUT2D eigenvalue weighted by Gasteiger charge is 2.20. The number of hydrogen-bond acceptors (Lipinski definition) is 6. The molecular weight excluding hydrogens is 350 g/mol. The first kappa shape index (κ1) is 18.4. The highest BCUT2D eigenvalue weighted by Crippen LogP contribution is 2.26. The van der Waals surface area contributed by atoms with Crippen LogP contribution in [0.25, 0.3) is 11.4 Å². The summed E-state index contributed by atoms with van der Waals surface area (Å²) in [6, 6.07) is 12.5. The molecule has 2 N–H and O–H groups in total. The number of benzene rings is 1. The molecule has 6 nitrogen and oxygen atoms in total. The van der Waals surface area contributed by atoms with E-state index in [1.54, 1.807) is 19.5 Å². The molecule has 2 aromatic heterocycles. The van der Waals surface area contributed by atoms with E-state index in [0.29, 0.717) is 6.04 Å². The van der Waals surface area contributed by atoms with Crippen molar-refractivity contribution in [3.63, 3.8) is 0 Å². The van der Waals surface area contributed by atoms with Gasteiger partial charge < -0.3 is 15.4 Å². The van der Waals surface area contributed by atoms with E-state index in [9.17, 15) is 0 Å². The van der Waals surface area contributed by atoms with Crippen LogP contribution in [0.3, 0.4) is 0 Å². The Bertz CT molecular complexity index is 928. The fraction of sp³-hybridized carbons (Fsp3) is 0.318. The first-order valence-corrected chi connectivity index (χ1v) is 9.63. The van der Waals surface area contributed by atoms with Crippen molar-refractivity contribution in [3.05, 3.63) is 65.6 Å². The van der Waals surface area contributed by atoms with E-state index in [1.807, 2.05) is 24.3 Å². The van der Waals surface area contributed by atoms with Crippen molar-refractivity contribution >= 4 is 5.82 Å². The van der Waals surface area contributed by atoms with Crippen LogP contribution in [-0.4, -0.2) is 28.1 Å². The molecule has 28 heavy (non-hydrogen) atoms. The molecule has 3 heterocycles. The molecule has 144 valence electrons. The summed E-state index contributed by atoms with van der Waals surface area (Å²) in [4.78, 5) is 13.7. The van der Waals surface area contributed by atoms with E-state index in [1.165, 1.54) is 11.1 Å². The number of nitrogens with one attached hydrogen (secondary N) is 2. The van der Waals surface area contributed by atoms with E-state index >= 15 is 0 Å². The summed E-state index contributed by atoms with van der Waals surface area (Å²) >= 11 is 0. The summed E-state index contributed by atoms with van der Waals surface area (Å²) in [7, 11) is 1.69. The zero-order valence-corrected chi connectivity index (χ0v) is 16.3. The van der Waals surface area contributed by atoms with Gasteiger partial charge in [0.25, 0.3) is 0 Å². The zero-order valence-electron chi connectivity index (χ0n) is 16.3. The molecule has 4 rings (SSSR count). The average molecular weight is 375 g/mol. The second kappa shape index (κ2) is 8.35. The normalized spacial score (nSPS) is 13.8. The van der Waals surface area contributed by atoms with Gasteiger partial charge >= 0.3 is 0 Å². The van der Waals surface area contributed by atoms with Gasteiger partial charge in [-0.25, -0.2) is 9.97 Å². The van der Waals surface area contributed by atoms with Gasteiger partial charge in [-0.1, -0.05) is 12.1 Å². The second-order valence-corrected chi connectivity index (χ2v) is 7.09. The van der Waals surface area contributed by atoms with Crippen molar-refractivity contribution in [1.29, 1.82) is 0 Å². The number of methoxy groups -OCH3 is 1. The van der Waals surface area contributed by atoms with Crippen molar-refractivity contribution in [2.75, 3.05) is 12.4 Å². The highest BCUT2D eigenvalue weighted by molar-refractivity contribution is 5.60. The molecule has 1 aliphatic rings. The molecule has 0 saturated heterocycles. The smallest absolute Gasteiger partial charge is 0.161 e. The SMILES string of the molecule is COc1ccc(CCC(C)Nc2nc(-c3ccncc3)nc3c2CNC3)cc1. The van der Waals surface area contributed by atoms with Crippen LogP contribution in [0.5, 0.6) is 5.75 Å². The topological polar surface area (TPSA) is 72.0 Å². The minimum absolute atomic E-state index is 0.298. The third-order valence-corrected chi connectivity index (χ3v) is 5.03. The highest BCUT2D eigenvalue weighted by atomic mass is 16.5. The van der Waals surface area contributed by atoms with Crippen molar-refractivity contribution in [3.8, 4) is 17.1 Å². The lowest BCUT2D eigenvalue weighted by atomic mass is 10.1. The lowest BCUT2D eigenvalue weighted by Gasteiger charge is -2.18. The Kier molecular flexibility index (Phi) is 5.48. The molecule has 0 spiro atoms. The third kappa shape index (κ3) is 4.12. The van der Waals surface area contributed by atoms with E-state index in [4.69, 9.17) is 14.7 Å². The summed E-state index contributed by atoms with van der Waals surface area (Å²) in [6.45, 7) is 3.79. The molecule has 0 saturated carbocycles. The fourth-order valence-corrected chi connectivity index (χ4v) is 3.40. The lowest BCUT2D eigenvalue weighted by Crippen LogP contribution is -2.19. The Hall–Kier alpha value is -2.99. The molecule has 1 atom stereocenters. The first-order chi connectivity index (χ1) is 13.7. The molecule has 3 aromatic rings. The molecule has 0 bridgehead atoms. The lowest BCUT2D eigenvalue weighted by molar-refractivity contribution is 0.414. The Balaban J connectivity index is 1.48. The number of fused-ring (bicyclic) bond motifs is 1. The van der Waals surface area contributed by atoms with Crippen LogP contribution in [0.2, 0.25) is 0 Å². The standard InChI is InChI=1S/C22H25N5O/c1-15(3-4-16-5-7-18(28-2)8-6-16)25-22-19-13-24-14-20(19)26-21(27-22)17-9-11-23-12-10-17/h5-12,15,24H,3-4,13-14H2,1-2H3,(H,25,26,27). The van der Waals surface area contributed by atoms with E-state index in [2.05, 4.69) is 34.7 Å². The maximum absolute atomic E-state index is 5.23. The molecule has 1 aromatic carbocycles. The number of rotatable bonds is 7. The van der Waals surface area contributed by atoms with Gasteiger partial charge in [0.1, 0.15) is 11.6 Å². The predicted molar refractivity (Wildman–Crippen MR) is 110 cm³/mol. The second-order valence-electron chi connectivity index (χ2n) is 7.09. The first-order valence-electron chi connectivity index (χ1n) is 9.63. The number of aromatic nitrogens is 3. The van der Waals surface area contributed by atoms with Crippen LogP contribution in [0, 0.1) is 0 Å². The van der Waals surface area contributed by atoms with Crippen LogP contribution in [0.1, 0.15) is 30.2 Å². The van der Waals surface area contributed by atoms with Crippen LogP contribution >= 0.6 is 0 Å². The quantitative estimate of drug-likeness (QED) is 0.658. The summed E-state index contributed by atoms with van der Waals surface area (Å²) in [5.41, 5.74) is 4.54. The molecule has 0 fully saturated rings. The summed E-state index contributed by atoms with van der Waals surface area (Å²) in [6.07, 6.45) is 5.56. The molecule has 0 aliphatic carbocycles. The van der Waals surface area contributed by atoms with Crippen molar-refractivity contribution in [2.45, 2.75) is 38.9 Å². The number of ether oxygens (including phenoxy) is 1. The van der Waals surface area contributed by atoms with Crippen molar-refractivity contribution in [1.82, 2.24) is 20.3 Å². The van der Waals surface area contributed by atoms with E-state index in [0.717, 1.165) is 54.6 Å². The molecule has 0 amide bonds. The molecule has 1 aliphatic heterocycles. The largest absolute Gasteiger partial charge is 0.497 e. The Morgan fingerprint density at radius 2 is 1.86 bits per heavy atom. The van der Waals surface area contributed by atoms with Gasteiger partial charge in [-0.3, -0.25) is 4.98 Å². The maximum atomic E-state index is 5.23. The summed E-state index contributed by atoms with van der Waals surface area (Å²) in [5.74, 6) is 2.57. The van der Waals surface area contributed by atoms with Crippen molar-refractivity contribution < 1.29 is 4.74 Å². The minimum Gasteiger partial charge on any atom is -0.497 e. The van der Waals surface area contributed by atoms with Crippen LogP contribution in [0.4, 0.5) is 5.82 Å².